The van der Waals surface area contributed by atoms with E-state index < -0.39 is 5.60 Å². The van der Waals surface area contributed by atoms with Gasteiger partial charge in [-0.2, -0.15) is 0 Å². The van der Waals surface area contributed by atoms with Crippen LogP contribution >= 0.6 is 0 Å². The molecule has 2 rings (SSSR count). The van der Waals surface area contributed by atoms with Crippen LogP contribution in [0.25, 0.3) is 0 Å². The second-order valence-electron chi connectivity index (χ2n) is 4.78. The van der Waals surface area contributed by atoms with Gasteiger partial charge in [0.2, 0.25) is 0 Å². The Balaban J connectivity index is 1.92. The Hall–Kier alpha value is -2.30. The molecule has 1 aromatic carbocycles. The highest BCUT2D eigenvalue weighted by Crippen LogP contribution is 2.27. The van der Waals surface area contributed by atoms with Crippen LogP contribution in [0.2, 0.25) is 0 Å². The summed E-state index contributed by atoms with van der Waals surface area (Å²) in [4.78, 5) is 23.1. The summed E-state index contributed by atoms with van der Waals surface area (Å²) in [7, 11) is 1.60. The molecule has 1 aliphatic heterocycles. The minimum absolute atomic E-state index is 0.218. The molecule has 5 heteroatoms. The Morgan fingerprint density at radius 3 is 2.65 bits per heavy atom. The smallest absolute Gasteiger partial charge is 0.306 e. The highest BCUT2D eigenvalue weighted by atomic mass is 16.6. The zero-order valence-corrected chi connectivity index (χ0v) is 11.5. The van der Waals surface area contributed by atoms with E-state index in [9.17, 15) is 9.59 Å². The van der Waals surface area contributed by atoms with E-state index in [1.807, 2.05) is 24.3 Å². The minimum Gasteiger partial charge on any atom is -0.497 e. The average molecular weight is 275 g/mol. The highest BCUT2D eigenvalue weighted by molar-refractivity contribution is 5.99. The highest BCUT2D eigenvalue weighted by Gasteiger charge is 2.41. The van der Waals surface area contributed by atoms with Gasteiger partial charge >= 0.3 is 5.97 Å². The van der Waals surface area contributed by atoms with Crippen LogP contribution in [0.3, 0.4) is 0 Å². The van der Waals surface area contributed by atoms with Gasteiger partial charge in [0.25, 0.3) is 0 Å². The van der Waals surface area contributed by atoms with Crippen molar-refractivity contribution in [3.8, 4) is 5.75 Å². The lowest BCUT2D eigenvalue weighted by atomic mass is 9.97. The van der Waals surface area contributed by atoms with Crippen LogP contribution < -0.4 is 10.1 Å². The van der Waals surface area contributed by atoms with Crippen LogP contribution in [0.4, 0.5) is 5.69 Å². The van der Waals surface area contributed by atoms with E-state index in [2.05, 4.69) is 5.32 Å². The first-order chi connectivity index (χ1) is 9.53. The van der Waals surface area contributed by atoms with Crippen LogP contribution in [-0.4, -0.2) is 24.5 Å². The van der Waals surface area contributed by atoms with Crippen molar-refractivity contribution in [2.75, 3.05) is 12.4 Å². The quantitative estimate of drug-likeness (QED) is 0.659. The van der Waals surface area contributed by atoms with Crippen molar-refractivity contribution in [3.63, 3.8) is 0 Å². The van der Waals surface area contributed by atoms with Crippen molar-refractivity contribution in [1.29, 1.82) is 0 Å². The molecule has 20 heavy (non-hydrogen) atoms. The molecule has 0 aromatic heterocycles. The summed E-state index contributed by atoms with van der Waals surface area (Å²) in [5, 5.41) is 2.98. The van der Waals surface area contributed by atoms with Gasteiger partial charge in [-0.05, 0) is 31.2 Å². The van der Waals surface area contributed by atoms with Gasteiger partial charge in [-0.25, -0.2) is 0 Å². The number of esters is 1. The first-order valence-electron chi connectivity index (χ1n) is 6.37. The lowest BCUT2D eigenvalue weighted by Crippen LogP contribution is -2.33. The number of rotatable bonds is 5. The Morgan fingerprint density at radius 1 is 1.40 bits per heavy atom. The molecular weight excluding hydrogens is 258 g/mol. The van der Waals surface area contributed by atoms with E-state index in [1.54, 1.807) is 20.2 Å². The fourth-order valence-electron chi connectivity index (χ4n) is 1.94. The van der Waals surface area contributed by atoms with Gasteiger partial charge in [-0.1, -0.05) is 0 Å². The van der Waals surface area contributed by atoms with Crippen LogP contribution in [0.5, 0.6) is 5.75 Å². The number of cyclic esters (lactones) is 1. The fraction of sp³-hybridized carbons (Fsp3) is 0.333. The summed E-state index contributed by atoms with van der Waals surface area (Å²) in [6.45, 7) is 1.64. The molecule has 106 valence electrons. The molecule has 0 amide bonds. The molecule has 1 heterocycles. The molecular formula is C15H17NO4. The Morgan fingerprint density at radius 2 is 2.10 bits per heavy atom. The first-order valence-corrected chi connectivity index (χ1v) is 6.37. The van der Waals surface area contributed by atoms with Crippen molar-refractivity contribution in [1.82, 2.24) is 0 Å². The molecule has 5 nitrogen and oxygen atoms in total. The van der Waals surface area contributed by atoms with E-state index in [4.69, 9.17) is 9.47 Å². The van der Waals surface area contributed by atoms with E-state index >= 15 is 0 Å². The van der Waals surface area contributed by atoms with Gasteiger partial charge in [0.05, 0.1) is 7.11 Å². The number of hydrogen-bond acceptors (Lipinski definition) is 5. The molecule has 1 aliphatic rings. The first kappa shape index (κ1) is 14.1. The van der Waals surface area contributed by atoms with Crippen molar-refractivity contribution < 1.29 is 19.1 Å². The van der Waals surface area contributed by atoms with Gasteiger partial charge < -0.3 is 14.8 Å². The predicted molar refractivity (Wildman–Crippen MR) is 74.5 cm³/mol. The second kappa shape index (κ2) is 5.77. The third-order valence-corrected chi connectivity index (χ3v) is 3.24. The minimum atomic E-state index is -1.02. The molecule has 1 unspecified atom stereocenters. The largest absolute Gasteiger partial charge is 0.497 e. The zero-order valence-electron chi connectivity index (χ0n) is 11.5. The molecule has 0 radical (unpaired) electrons. The number of nitrogens with one attached hydrogen (secondary N) is 1. The molecule has 0 bridgehead atoms. The Labute approximate surface area is 117 Å². The number of hydrogen-bond donors (Lipinski definition) is 1. The van der Waals surface area contributed by atoms with Crippen LogP contribution in [0.15, 0.2) is 36.5 Å². The number of carbonyl (C=O) groups is 2. The van der Waals surface area contributed by atoms with Gasteiger partial charge in [-0.15, -0.1) is 0 Å². The molecule has 1 N–H and O–H groups in total. The van der Waals surface area contributed by atoms with E-state index in [1.165, 1.54) is 6.08 Å². The Kier molecular flexibility index (Phi) is 4.08. The number of methoxy groups -OCH3 is 1. The van der Waals surface area contributed by atoms with Gasteiger partial charge in [0.15, 0.2) is 11.4 Å². The molecule has 0 saturated carbocycles. The monoisotopic (exact) mass is 275 g/mol. The molecule has 1 fully saturated rings. The molecule has 1 aromatic rings. The third kappa shape index (κ3) is 3.17. The summed E-state index contributed by atoms with van der Waals surface area (Å²) in [6.07, 6.45) is 3.66. The number of ether oxygens (including phenoxy) is 2. The third-order valence-electron chi connectivity index (χ3n) is 3.24. The van der Waals surface area contributed by atoms with E-state index in [0.29, 0.717) is 12.8 Å². The van der Waals surface area contributed by atoms with E-state index in [-0.39, 0.29) is 11.8 Å². The van der Waals surface area contributed by atoms with Crippen molar-refractivity contribution >= 4 is 17.4 Å². The maximum absolute atomic E-state index is 12.0. The summed E-state index contributed by atoms with van der Waals surface area (Å²) < 4.78 is 10.1. The number of ketones is 1. The van der Waals surface area contributed by atoms with Gasteiger partial charge in [-0.3, -0.25) is 9.59 Å². The zero-order chi connectivity index (χ0) is 14.6. The number of benzene rings is 1. The summed E-state index contributed by atoms with van der Waals surface area (Å²) >= 11 is 0. The summed E-state index contributed by atoms with van der Waals surface area (Å²) in [6, 6.07) is 7.31. The van der Waals surface area contributed by atoms with Gasteiger partial charge in [0.1, 0.15) is 5.75 Å². The molecule has 0 spiro atoms. The lowest BCUT2D eigenvalue weighted by molar-refractivity contribution is -0.153. The average Bonchev–Trinajstić information content (AvgIpc) is 2.80. The van der Waals surface area contributed by atoms with Crippen LogP contribution in [0.1, 0.15) is 19.8 Å². The van der Waals surface area contributed by atoms with Crippen molar-refractivity contribution in [3.05, 3.63) is 36.5 Å². The Bertz CT molecular complexity index is 535. The van der Waals surface area contributed by atoms with Crippen molar-refractivity contribution in [2.24, 2.45) is 0 Å². The van der Waals surface area contributed by atoms with Crippen molar-refractivity contribution in [2.45, 2.75) is 25.4 Å². The summed E-state index contributed by atoms with van der Waals surface area (Å²) in [5.41, 5.74) is -0.182. The van der Waals surface area contributed by atoms with Crippen LogP contribution in [-0.2, 0) is 14.3 Å². The topological polar surface area (TPSA) is 64.6 Å². The number of anilines is 1. The van der Waals surface area contributed by atoms with Gasteiger partial charge in [0, 0.05) is 30.8 Å². The van der Waals surface area contributed by atoms with E-state index in [0.717, 1.165) is 11.4 Å². The fourth-order valence-corrected chi connectivity index (χ4v) is 1.94. The number of carbonyl (C=O) groups excluding carboxylic acids is 2. The normalized spacial score (nSPS) is 21.8. The second-order valence-corrected chi connectivity index (χ2v) is 4.78. The molecule has 1 atom stereocenters. The summed E-state index contributed by atoms with van der Waals surface area (Å²) in [5.74, 6) is 0.225. The maximum Gasteiger partial charge on any atom is 0.306 e. The SMILES string of the molecule is COc1ccc(N/C=C/C(=O)C2(C)CCC(=O)O2)cc1. The van der Waals surface area contributed by atoms with Crippen LogP contribution in [0, 0.1) is 0 Å². The molecule has 0 aliphatic carbocycles. The molecule has 1 saturated heterocycles. The standard InChI is InChI=1S/C15H17NO4/c1-15(9-7-14(18)20-15)13(17)8-10-16-11-3-5-12(19-2)6-4-11/h3-6,8,10,16H,7,9H2,1-2H3/b10-8+. The maximum atomic E-state index is 12.0. The predicted octanol–water partition coefficient (Wildman–Crippen LogP) is 2.29. The lowest BCUT2D eigenvalue weighted by Gasteiger charge is -2.18.